The summed E-state index contributed by atoms with van der Waals surface area (Å²) >= 11 is 0. The molecule has 1 aromatic carbocycles. The molecule has 0 atom stereocenters. The van der Waals surface area contributed by atoms with Crippen molar-refractivity contribution in [2.75, 3.05) is 0 Å². The first-order valence-corrected chi connectivity index (χ1v) is 10.7. The molecule has 0 aliphatic heterocycles. The van der Waals surface area contributed by atoms with E-state index in [1.165, 1.54) is 11.1 Å². The van der Waals surface area contributed by atoms with E-state index >= 15 is 0 Å². The summed E-state index contributed by atoms with van der Waals surface area (Å²) in [5.74, 6) is -1.37. The molecule has 0 radical (unpaired) electrons. The molecule has 1 aliphatic carbocycles. The number of aliphatic carboxylic acids is 2. The highest BCUT2D eigenvalue weighted by atomic mass is 16.4. The van der Waals surface area contributed by atoms with Crippen LogP contribution in [0.1, 0.15) is 89.2 Å². The van der Waals surface area contributed by atoms with Crippen LogP contribution >= 0.6 is 0 Å². The number of carboxylic acids is 2. The molecular weight excluding hydrogens is 352 g/mol. The lowest BCUT2D eigenvalue weighted by molar-refractivity contribution is -0.140. The molecule has 28 heavy (non-hydrogen) atoms. The minimum atomic E-state index is -0.713. The molecule has 0 amide bonds. The fourth-order valence-corrected chi connectivity index (χ4v) is 4.14. The zero-order valence-corrected chi connectivity index (χ0v) is 17.5. The number of benzene rings is 1. The molecule has 2 N–H and O–H groups in total. The van der Waals surface area contributed by atoms with Gasteiger partial charge in [0.25, 0.3) is 0 Å². The van der Waals surface area contributed by atoms with Crippen LogP contribution in [0.5, 0.6) is 0 Å². The SMILES string of the molecule is CC(C)(CCCCc1ccc(CCCCC2(CC(=O)O)CC2)cc1)CC(=O)O. The van der Waals surface area contributed by atoms with E-state index in [-0.39, 0.29) is 17.3 Å². The van der Waals surface area contributed by atoms with Gasteiger partial charge in [-0.25, -0.2) is 0 Å². The van der Waals surface area contributed by atoms with Crippen molar-refractivity contribution in [1.82, 2.24) is 0 Å². The molecule has 0 bridgehead atoms. The Morgan fingerprint density at radius 3 is 1.89 bits per heavy atom. The largest absolute Gasteiger partial charge is 0.481 e. The molecule has 0 spiro atoms. The van der Waals surface area contributed by atoms with Gasteiger partial charge in [-0.3, -0.25) is 9.59 Å². The van der Waals surface area contributed by atoms with Crippen molar-refractivity contribution in [2.24, 2.45) is 10.8 Å². The predicted molar refractivity (Wildman–Crippen MR) is 112 cm³/mol. The Kier molecular flexibility index (Phi) is 8.09. The minimum absolute atomic E-state index is 0.120. The van der Waals surface area contributed by atoms with Crippen molar-refractivity contribution in [3.8, 4) is 0 Å². The third-order valence-electron chi connectivity index (χ3n) is 6.13. The van der Waals surface area contributed by atoms with Crippen molar-refractivity contribution < 1.29 is 19.8 Å². The number of rotatable bonds is 14. The molecule has 1 aromatic rings. The van der Waals surface area contributed by atoms with Crippen molar-refractivity contribution in [2.45, 2.75) is 90.9 Å². The predicted octanol–water partition coefficient (Wildman–Crippen LogP) is 5.87. The average Bonchev–Trinajstić information content (AvgIpc) is 3.34. The molecule has 2 rings (SSSR count). The Balaban J connectivity index is 1.61. The number of aryl methyl sites for hydroxylation is 2. The van der Waals surface area contributed by atoms with Gasteiger partial charge in [0.2, 0.25) is 0 Å². The number of unbranched alkanes of at least 4 members (excludes halogenated alkanes) is 2. The van der Waals surface area contributed by atoms with E-state index in [9.17, 15) is 9.59 Å². The van der Waals surface area contributed by atoms with Gasteiger partial charge in [0.05, 0.1) is 12.8 Å². The van der Waals surface area contributed by atoms with E-state index in [1.54, 1.807) is 0 Å². The second-order valence-corrected chi connectivity index (χ2v) is 9.54. The van der Waals surface area contributed by atoms with E-state index < -0.39 is 11.9 Å². The monoisotopic (exact) mass is 388 g/mol. The highest BCUT2D eigenvalue weighted by Gasteiger charge is 2.43. The fraction of sp³-hybridized carbons (Fsp3) is 0.667. The van der Waals surface area contributed by atoms with Gasteiger partial charge in [-0.2, -0.15) is 0 Å². The zero-order chi connectivity index (χ0) is 20.6. The summed E-state index contributed by atoms with van der Waals surface area (Å²) in [7, 11) is 0. The van der Waals surface area contributed by atoms with E-state index in [2.05, 4.69) is 24.3 Å². The molecule has 1 aliphatic rings. The van der Waals surface area contributed by atoms with Crippen molar-refractivity contribution >= 4 is 11.9 Å². The molecule has 0 unspecified atom stereocenters. The Hall–Kier alpha value is -1.84. The van der Waals surface area contributed by atoms with Gasteiger partial charge >= 0.3 is 11.9 Å². The second-order valence-electron chi connectivity index (χ2n) is 9.54. The van der Waals surface area contributed by atoms with E-state index in [4.69, 9.17) is 10.2 Å². The fourth-order valence-electron chi connectivity index (χ4n) is 4.14. The van der Waals surface area contributed by atoms with Crippen molar-refractivity contribution in [3.05, 3.63) is 35.4 Å². The maximum absolute atomic E-state index is 10.9. The zero-order valence-electron chi connectivity index (χ0n) is 17.5. The Labute approximate surface area is 169 Å². The minimum Gasteiger partial charge on any atom is -0.481 e. The summed E-state index contributed by atoms with van der Waals surface area (Å²) in [4.78, 5) is 21.8. The summed E-state index contributed by atoms with van der Waals surface area (Å²) in [5.41, 5.74) is 2.70. The number of hydrogen-bond donors (Lipinski definition) is 2. The topological polar surface area (TPSA) is 74.6 Å². The molecule has 0 aromatic heterocycles. The normalized spacial score (nSPS) is 15.4. The standard InChI is InChI=1S/C24H36O4/c1-23(2,17-21(25)26)13-5-3-7-19-9-11-20(12-10-19)8-4-6-14-24(15-16-24)18-22(27)28/h9-12H,3-8,13-18H2,1-2H3,(H,25,26)(H,27,28). The van der Waals surface area contributed by atoms with Crippen LogP contribution in [0.3, 0.4) is 0 Å². The number of carbonyl (C=O) groups is 2. The van der Waals surface area contributed by atoms with Crippen LogP contribution < -0.4 is 0 Å². The third-order valence-corrected chi connectivity index (χ3v) is 6.13. The smallest absolute Gasteiger partial charge is 0.303 e. The van der Waals surface area contributed by atoms with Gasteiger partial charge in [0.1, 0.15) is 0 Å². The van der Waals surface area contributed by atoms with Crippen molar-refractivity contribution in [3.63, 3.8) is 0 Å². The molecular formula is C24H36O4. The highest BCUT2D eigenvalue weighted by molar-refractivity contribution is 5.68. The van der Waals surface area contributed by atoms with E-state index in [0.717, 1.165) is 64.2 Å². The van der Waals surface area contributed by atoms with Crippen LogP contribution in [0.2, 0.25) is 0 Å². The molecule has 1 fully saturated rings. The summed E-state index contributed by atoms with van der Waals surface area (Å²) in [5, 5.41) is 17.9. The van der Waals surface area contributed by atoms with Crippen molar-refractivity contribution in [1.29, 1.82) is 0 Å². The van der Waals surface area contributed by atoms with Crippen LogP contribution in [0.4, 0.5) is 0 Å². The molecule has 4 heteroatoms. The van der Waals surface area contributed by atoms with Crippen LogP contribution in [-0.2, 0) is 22.4 Å². The van der Waals surface area contributed by atoms with Gasteiger partial charge in [-0.1, -0.05) is 51.0 Å². The first kappa shape index (κ1) is 22.4. The number of carboxylic acid groups (broad SMARTS) is 2. The van der Waals surface area contributed by atoms with Gasteiger partial charge in [-0.05, 0) is 73.3 Å². The van der Waals surface area contributed by atoms with E-state index in [1.807, 2.05) is 13.8 Å². The van der Waals surface area contributed by atoms with Gasteiger partial charge in [0.15, 0.2) is 0 Å². The lowest BCUT2D eigenvalue weighted by atomic mass is 9.83. The Bertz CT molecular complexity index is 596. The lowest BCUT2D eigenvalue weighted by Gasteiger charge is -2.22. The first-order valence-electron chi connectivity index (χ1n) is 10.7. The Morgan fingerprint density at radius 2 is 1.43 bits per heavy atom. The molecule has 0 saturated heterocycles. The van der Waals surface area contributed by atoms with Crippen LogP contribution in [-0.4, -0.2) is 22.2 Å². The van der Waals surface area contributed by atoms with Gasteiger partial charge < -0.3 is 10.2 Å². The van der Waals surface area contributed by atoms with Gasteiger partial charge in [-0.15, -0.1) is 0 Å². The Morgan fingerprint density at radius 1 is 0.893 bits per heavy atom. The molecule has 0 heterocycles. The highest BCUT2D eigenvalue weighted by Crippen LogP contribution is 2.52. The maximum Gasteiger partial charge on any atom is 0.303 e. The van der Waals surface area contributed by atoms with Crippen LogP contribution in [0, 0.1) is 10.8 Å². The third kappa shape index (κ3) is 8.45. The quantitative estimate of drug-likeness (QED) is 0.391. The summed E-state index contributed by atoms with van der Waals surface area (Å²) in [6.45, 7) is 4.06. The maximum atomic E-state index is 10.9. The summed E-state index contributed by atoms with van der Waals surface area (Å²) in [6, 6.07) is 8.86. The molecule has 156 valence electrons. The lowest BCUT2D eigenvalue weighted by Crippen LogP contribution is -2.16. The van der Waals surface area contributed by atoms with Crippen LogP contribution in [0.25, 0.3) is 0 Å². The van der Waals surface area contributed by atoms with E-state index in [0.29, 0.717) is 6.42 Å². The molecule has 4 nitrogen and oxygen atoms in total. The van der Waals surface area contributed by atoms with Crippen LogP contribution in [0.15, 0.2) is 24.3 Å². The summed E-state index contributed by atoms with van der Waals surface area (Å²) < 4.78 is 0. The summed E-state index contributed by atoms with van der Waals surface area (Å²) in [6.07, 6.45) is 11.2. The average molecular weight is 389 g/mol. The molecule has 1 saturated carbocycles. The second kappa shape index (κ2) is 10.1. The van der Waals surface area contributed by atoms with Gasteiger partial charge in [0, 0.05) is 0 Å². The first-order chi connectivity index (χ1) is 13.2. The number of hydrogen-bond acceptors (Lipinski definition) is 2.